The Morgan fingerprint density at radius 1 is 1.24 bits per heavy atom. The zero-order valence-corrected chi connectivity index (χ0v) is 16.7. The summed E-state index contributed by atoms with van der Waals surface area (Å²) in [5.41, 5.74) is 1.82. The first kappa shape index (κ1) is 19.4. The van der Waals surface area contributed by atoms with Gasteiger partial charge in [-0.25, -0.2) is 9.89 Å². The number of carbonyl (C=O) groups is 2. The van der Waals surface area contributed by atoms with Gasteiger partial charge in [0.2, 0.25) is 5.91 Å². The zero-order valence-electron chi connectivity index (χ0n) is 16.7. The van der Waals surface area contributed by atoms with Crippen molar-refractivity contribution >= 4 is 11.8 Å². The summed E-state index contributed by atoms with van der Waals surface area (Å²) in [5.74, 6) is 0.384. The average molecular weight is 402 g/mol. The predicted molar refractivity (Wildman–Crippen MR) is 103 cm³/mol. The molecule has 29 heavy (non-hydrogen) atoms. The number of aromatic amines is 3. The Labute approximate surface area is 167 Å². The molecule has 0 saturated carbocycles. The lowest BCUT2D eigenvalue weighted by Crippen LogP contribution is -2.40. The van der Waals surface area contributed by atoms with E-state index in [-0.39, 0.29) is 30.0 Å². The maximum absolute atomic E-state index is 13.0. The van der Waals surface area contributed by atoms with Crippen molar-refractivity contribution in [3.8, 4) is 0 Å². The summed E-state index contributed by atoms with van der Waals surface area (Å²) in [4.78, 5) is 44.8. The standard InChI is InChI=1S/C18H26N8O3/c1-24-7-5-11(9-24)25(2)17(28)16-12-6-8-26(10-13(12)20-22-16)15(27)4-3-14-19-18(29)23-21-14/h11H,3-10H2,1-2H3,(H,20,22)(H2,19,21,23,29). The van der Waals surface area contributed by atoms with E-state index in [0.29, 0.717) is 37.4 Å². The van der Waals surface area contributed by atoms with Crippen molar-refractivity contribution in [2.24, 2.45) is 0 Å². The van der Waals surface area contributed by atoms with Crippen LogP contribution in [0.25, 0.3) is 0 Å². The molecule has 0 aliphatic carbocycles. The zero-order chi connectivity index (χ0) is 20.5. The Morgan fingerprint density at radius 2 is 2.07 bits per heavy atom. The highest BCUT2D eigenvalue weighted by Gasteiger charge is 2.32. The summed E-state index contributed by atoms with van der Waals surface area (Å²) < 4.78 is 0. The Hall–Kier alpha value is -2.95. The molecule has 4 rings (SSSR count). The van der Waals surface area contributed by atoms with Gasteiger partial charge in [-0.3, -0.25) is 19.7 Å². The van der Waals surface area contributed by atoms with Crippen LogP contribution in [0.4, 0.5) is 0 Å². The number of likely N-dealkylation sites (tertiary alicyclic amines) is 1. The van der Waals surface area contributed by atoms with Crippen LogP contribution >= 0.6 is 0 Å². The summed E-state index contributed by atoms with van der Waals surface area (Å²) in [7, 11) is 3.90. The molecule has 0 bridgehead atoms. The second-order valence-corrected chi connectivity index (χ2v) is 7.84. The molecule has 0 aromatic carbocycles. The third kappa shape index (κ3) is 3.95. The third-order valence-electron chi connectivity index (χ3n) is 5.85. The van der Waals surface area contributed by atoms with Gasteiger partial charge >= 0.3 is 5.69 Å². The van der Waals surface area contributed by atoms with Crippen LogP contribution in [0.5, 0.6) is 0 Å². The molecule has 2 aliphatic heterocycles. The lowest BCUT2D eigenvalue weighted by Gasteiger charge is -2.28. The molecule has 1 atom stereocenters. The van der Waals surface area contributed by atoms with Crippen molar-refractivity contribution in [2.75, 3.05) is 33.7 Å². The van der Waals surface area contributed by atoms with Gasteiger partial charge in [-0.1, -0.05) is 0 Å². The number of likely N-dealkylation sites (N-methyl/N-ethyl adjacent to an activating group) is 2. The van der Waals surface area contributed by atoms with Crippen molar-refractivity contribution in [3.63, 3.8) is 0 Å². The monoisotopic (exact) mass is 402 g/mol. The van der Waals surface area contributed by atoms with Crippen molar-refractivity contribution in [3.05, 3.63) is 33.3 Å². The third-order valence-corrected chi connectivity index (χ3v) is 5.85. The first-order chi connectivity index (χ1) is 13.9. The topological polar surface area (TPSA) is 134 Å². The molecule has 1 fully saturated rings. The van der Waals surface area contributed by atoms with Crippen LogP contribution in [-0.4, -0.2) is 91.7 Å². The lowest BCUT2D eigenvalue weighted by molar-refractivity contribution is -0.132. The Morgan fingerprint density at radius 3 is 2.76 bits per heavy atom. The number of carbonyl (C=O) groups excluding carboxylic acids is 2. The van der Waals surface area contributed by atoms with Gasteiger partial charge in [0.1, 0.15) is 5.82 Å². The van der Waals surface area contributed by atoms with E-state index in [1.165, 1.54) is 0 Å². The van der Waals surface area contributed by atoms with Gasteiger partial charge in [-0.2, -0.15) is 10.2 Å². The molecule has 0 spiro atoms. The number of hydrogen-bond donors (Lipinski definition) is 3. The van der Waals surface area contributed by atoms with Crippen LogP contribution in [0.15, 0.2) is 4.79 Å². The van der Waals surface area contributed by atoms with Crippen LogP contribution in [0.2, 0.25) is 0 Å². The highest BCUT2D eigenvalue weighted by atomic mass is 16.2. The molecule has 3 N–H and O–H groups in total. The van der Waals surface area contributed by atoms with Crippen molar-refractivity contribution in [2.45, 2.75) is 38.3 Å². The van der Waals surface area contributed by atoms with Crippen LogP contribution in [0.3, 0.4) is 0 Å². The number of rotatable bonds is 5. The van der Waals surface area contributed by atoms with E-state index in [0.717, 1.165) is 30.8 Å². The molecular weight excluding hydrogens is 376 g/mol. The summed E-state index contributed by atoms with van der Waals surface area (Å²) in [6, 6.07) is 0.204. The number of aryl methyl sites for hydroxylation is 1. The summed E-state index contributed by atoms with van der Waals surface area (Å²) in [5, 5.41) is 13.3. The first-order valence-electron chi connectivity index (χ1n) is 9.85. The van der Waals surface area contributed by atoms with E-state index in [2.05, 4.69) is 37.3 Å². The molecule has 11 heteroatoms. The van der Waals surface area contributed by atoms with Gasteiger partial charge in [-0.05, 0) is 26.4 Å². The summed E-state index contributed by atoms with van der Waals surface area (Å²) in [6.07, 6.45) is 2.19. The Balaban J connectivity index is 1.38. The van der Waals surface area contributed by atoms with Gasteiger partial charge in [0.15, 0.2) is 5.69 Å². The maximum atomic E-state index is 13.0. The van der Waals surface area contributed by atoms with E-state index in [4.69, 9.17) is 0 Å². The smallest absolute Gasteiger partial charge is 0.336 e. The van der Waals surface area contributed by atoms with E-state index in [1.807, 2.05) is 7.05 Å². The van der Waals surface area contributed by atoms with E-state index in [1.54, 1.807) is 9.80 Å². The molecule has 156 valence electrons. The van der Waals surface area contributed by atoms with Crippen molar-refractivity contribution in [1.82, 2.24) is 40.1 Å². The first-order valence-corrected chi connectivity index (χ1v) is 9.85. The van der Waals surface area contributed by atoms with E-state index in [9.17, 15) is 14.4 Å². The fourth-order valence-corrected chi connectivity index (χ4v) is 4.08. The number of amides is 2. The predicted octanol–water partition coefficient (Wildman–Crippen LogP) is -0.885. The Kier molecular flexibility index (Phi) is 5.22. The van der Waals surface area contributed by atoms with Gasteiger partial charge < -0.3 is 14.7 Å². The number of nitrogens with zero attached hydrogens (tertiary/aromatic N) is 5. The minimum absolute atomic E-state index is 0.0203. The molecule has 2 aliphatic rings. The van der Waals surface area contributed by atoms with E-state index >= 15 is 0 Å². The molecule has 0 radical (unpaired) electrons. The summed E-state index contributed by atoms with van der Waals surface area (Å²) in [6.45, 7) is 2.81. The maximum Gasteiger partial charge on any atom is 0.340 e. The highest BCUT2D eigenvalue weighted by Crippen LogP contribution is 2.23. The lowest BCUT2D eigenvalue weighted by atomic mass is 10.0. The van der Waals surface area contributed by atoms with Crippen molar-refractivity contribution in [1.29, 1.82) is 0 Å². The number of nitrogens with one attached hydrogen (secondary N) is 3. The van der Waals surface area contributed by atoms with E-state index < -0.39 is 0 Å². The molecule has 11 nitrogen and oxygen atoms in total. The molecule has 2 aromatic heterocycles. The van der Waals surface area contributed by atoms with Crippen LogP contribution in [0.1, 0.15) is 40.4 Å². The van der Waals surface area contributed by atoms with Gasteiger partial charge in [0.05, 0.1) is 12.2 Å². The second kappa shape index (κ2) is 7.82. The fourth-order valence-electron chi connectivity index (χ4n) is 4.08. The molecule has 2 amide bonds. The van der Waals surface area contributed by atoms with Crippen LogP contribution < -0.4 is 5.69 Å². The van der Waals surface area contributed by atoms with Crippen LogP contribution in [0, 0.1) is 0 Å². The second-order valence-electron chi connectivity index (χ2n) is 7.84. The number of aromatic nitrogens is 5. The largest absolute Gasteiger partial charge is 0.340 e. The number of H-pyrrole nitrogens is 3. The quantitative estimate of drug-likeness (QED) is 0.594. The number of hydrogen-bond acceptors (Lipinski definition) is 6. The van der Waals surface area contributed by atoms with Crippen LogP contribution in [-0.2, 0) is 24.2 Å². The minimum Gasteiger partial charge on any atom is -0.336 e. The highest BCUT2D eigenvalue weighted by molar-refractivity contribution is 5.94. The molecule has 4 heterocycles. The molecule has 1 saturated heterocycles. The summed E-state index contributed by atoms with van der Waals surface area (Å²) >= 11 is 0. The fraction of sp³-hybridized carbons (Fsp3) is 0.611. The molecule has 2 aromatic rings. The minimum atomic E-state index is -0.376. The molecular formula is C18H26N8O3. The normalized spacial score (nSPS) is 19.4. The molecule has 1 unspecified atom stereocenters. The average Bonchev–Trinajstić information content (AvgIpc) is 3.44. The van der Waals surface area contributed by atoms with Gasteiger partial charge in [0.25, 0.3) is 5.91 Å². The van der Waals surface area contributed by atoms with Crippen molar-refractivity contribution < 1.29 is 9.59 Å². The Bertz CT molecular complexity index is 960. The number of fused-ring (bicyclic) bond motifs is 1. The van der Waals surface area contributed by atoms with Gasteiger partial charge in [-0.15, -0.1) is 0 Å². The SMILES string of the molecule is CN1CCC(N(C)C(=O)c2n[nH]c3c2CCN(C(=O)CCc2n[nH]c(=O)[nH]2)C3)C1. The van der Waals surface area contributed by atoms with Gasteiger partial charge in [0, 0.05) is 44.6 Å².